The minimum absolute atomic E-state index is 0.130. The van der Waals surface area contributed by atoms with Crippen LogP contribution in [0.2, 0.25) is 0 Å². The Morgan fingerprint density at radius 3 is 2.49 bits per heavy atom. The first-order valence-electron chi connectivity index (χ1n) is 13.5. The summed E-state index contributed by atoms with van der Waals surface area (Å²) < 4.78 is 13.5. The molecule has 1 aliphatic rings. The van der Waals surface area contributed by atoms with Crippen LogP contribution in [0.4, 0.5) is 0 Å². The SMILES string of the molecule is COc1ccc2cc(-c3c4oc5cc(=O)ccc5c4[nH]c4c3c(=O)[nH]n4C3CCCCCCC3)c(=O)[nH]c2c1. The van der Waals surface area contributed by atoms with Crippen molar-refractivity contribution in [1.82, 2.24) is 19.7 Å². The predicted molar refractivity (Wildman–Crippen MR) is 152 cm³/mol. The van der Waals surface area contributed by atoms with Crippen molar-refractivity contribution in [3.63, 3.8) is 0 Å². The molecule has 6 aromatic rings. The maximum atomic E-state index is 13.6. The minimum atomic E-state index is -0.354. The Kier molecular flexibility index (Phi) is 5.47. The quantitative estimate of drug-likeness (QED) is 0.273. The lowest BCUT2D eigenvalue weighted by Gasteiger charge is -2.21. The Balaban J connectivity index is 1.58. The molecular weight excluding hydrogens is 496 g/mol. The average molecular weight is 525 g/mol. The highest BCUT2D eigenvalue weighted by Crippen LogP contribution is 2.39. The predicted octanol–water partition coefficient (Wildman–Crippen LogP) is 5.72. The van der Waals surface area contributed by atoms with Gasteiger partial charge in [-0.2, -0.15) is 0 Å². The summed E-state index contributed by atoms with van der Waals surface area (Å²) in [4.78, 5) is 45.8. The van der Waals surface area contributed by atoms with Crippen molar-refractivity contribution in [2.75, 3.05) is 7.11 Å². The van der Waals surface area contributed by atoms with Gasteiger partial charge in [-0.3, -0.25) is 24.2 Å². The molecule has 9 nitrogen and oxygen atoms in total. The maximum Gasteiger partial charge on any atom is 0.274 e. The summed E-state index contributed by atoms with van der Waals surface area (Å²) in [5.74, 6) is 0.628. The van der Waals surface area contributed by atoms with E-state index in [1.165, 1.54) is 31.4 Å². The molecule has 0 amide bonds. The molecule has 1 saturated carbocycles. The minimum Gasteiger partial charge on any atom is -0.497 e. The highest BCUT2D eigenvalue weighted by atomic mass is 16.5. The molecule has 0 atom stereocenters. The van der Waals surface area contributed by atoms with Gasteiger partial charge in [0, 0.05) is 23.1 Å². The van der Waals surface area contributed by atoms with Crippen molar-refractivity contribution in [2.24, 2.45) is 0 Å². The lowest BCUT2D eigenvalue weighted by Crippen LogP contribution is -2.15. The zero-order valence-electron chi connectivity index (χ0n) is 21.6. The van der Waals surface area contributed by atoms with Crippen molar-refractivity contribution in [3.8, 4) is 16.9 Å². The molecule has 198 valence electrons. The number of nitrogens with one attached hydrogen (secondary N) is 3. The molecule has 0 aliphatic heterocycles. The molecule has 0 unspecified atom stereocenters. The van der Waals surface area contributed by atoms with E-state index < -0.39 is 0 Å². The number of nitrogens with zero attached hydrogens (tertiary/aromatic N) is 1. The molecule has 0 radical (unpaired) electrons. The van der Waals surface area contributed by atoms with Crippen molar-refractivity contribution < 1.29 is 9.15 Å². The van der Waals surface area contributed by atoms with Crippen LogP contribution < -0.4 is 21.3 Å². The average Bonchev–Trinajstić information content (AvgIpc) is 3.43. The molecule has 1 aliphatic carbocycles. The standard InChI is InChI=1S/C30H28N4O5/c1-38-19-11-9-16-13-21(29(36)31-22(16)15-19)24-25-28(32-26-20-12-10-18(35)14-23(20)39-27(24)26)34(33-30(25)37)17-7-5-3-2-4-6-8-17/h9-15,17,32H,2-8H2,1H3,(H,31,36)(H,33,37). The first-order chi connectivity index (χ1) is 19.0. The molecule has 2 aromatic carbocycles. The van der Waals surface area contributed by atoms with Crippen LogP contribution in [0, 0.1) is 0 Å². The largest absolute Gasteiger partial charge is 0.497 e. The summed E-state index contributed by atoms with van der Waals surface area (Å²) in [6, 6.07) is 12.0. The second-order valence-electron chi connectivity index (χ2n) is 10.5. The first-order valence-corrected chi connectivity index (χ1v) is 13.5. The molecule has 4 aromatic heterocycles. The number of rotatable bonds is 3. The van der Waals surface area contributed by atoms with Crippen LogP contribution in [-0.4, -0.2) is 26.9 Å². The van der Waals surface area contributed by atoms with Gasteiger partial charge in [0.15, 0.2) is 11.0 Å². The zero-order chi connectivity index (χ0) is 26.7. The third-order valence-corrected chi connectivity index (χ3v) is 8.07. The number of fused-ring (bicyclic) bond motifs is 5. The normalized spacial score (nSPS) is 15.3. The number of furan rings is 1. The Hall–Kier alpha value is -4.53. The van der Waals surface area contributed by atoms with Crippen LogP contribution in [0.5, 0.6) is 5.75 Å². The second-order valence-corrected chi connectivity index (χ2v) is 10.5. The number of aromatic nitrogens is 4. The van der Waals surface area contributed by atoms with Gasteiger partial charge in [0.2, 0.25) is 0 Å². The van der Waals surface area contributed by atoms with E-state index in [2.05, 4.69) is 15.1 Å². The third-order valence-electron chi connectivity index (χ3n) is 8.07. The molecular formula is C30H28N4O5. The molecule has 3 N–H and O–H groups in total. The van der Waals surface area contributed by atoms with E-state index in [0.717, 1.165) is 31.1 Å². The Morgan fingerprint density at radius 1 is 0.897 bits per heavy atom. The number of aromatic amines is 3. The summed E-state index contributed by atoms with van der Waals surface area (Å²) in [7, 11) is 1.57. The third kappa shape index (κ3) is 3.79. The highest BCUT2D eigenvalue weighted by molar-refractivity contribution is 6.14. The highest BCUT2D eigenvalue weighted by Gasteiger charge is 2.26. The van der Waals surface area contributed by atoms with Crippen LogP contribution in [0.25, 0.3) is 55.1 Å². The van der Waals surface area contributed by atoms with E-state index in [0.29, 0.717) is 55.5 Å². The molecule has 4 heterocycles. The number of H-pyrrole nitrogens is 3. The van der Waals surface area contributed by atoms with Crippen LogP contribution in [0.15, 0.2) is 61.3 Å². The van der Waals surface area contributed by atoms with Crippen molar-refractivity contribution >= 4 is 44.0 Å². The first kappa shape index (κ1) is 23.6. The monoisotopic (exact) mass is 524 g/mol. The van der Waals surface area contributed by atoms with E-state index >= 15 is 0 Å². The second kappa shape index (κ2) is 9.04. The van der Waals surface area contributed by atoms with Gasteiger partial charge >= 0.3 is 0 Å². The van der Waals surface area contributed by atoms with Gasteiger partial charge in [-0.05, 0) is 48.6 Å². The van der Waals surface area contributed by atoms with Gasteiger partial charge in [-0.15, -0.1) is 0 Å². The Bertz CT molecular complexity index is 2070. The molecule has 0 bridgehead atoms. The smallest absolute Gasteiger partial charge is 0.274 e. The molecule has 0 spiro atoms. The number of ether oxygens (including phenoxy) is 1. The van der Waals surface area contributed by atoms with Crippen LogP contribution in [0.3, 0.4) is 0 Å². The van der Waals surface area contributed by atoms with Gasteiger partial charge in [0.1, 0.15) is 17.0 Å². The van der Waals surface area contributed by atoms with Crippen LogP contribution in [0.1, 0.15) is 51.0 Å². The van der Waals surface area contributed by atoms with Gasteiger partial charge in [-0.25, -0.2) is 0 Å². The molecule has 1 fully saturated rings. The van der Waals surface area contributed by atoms with E-state index in [-0.39, 0.29) is 22.6 Å². The van der Waals surface area contributed by atoms with E-state index in [9.17, 15) is 14.4 Å². The number of benzene rings is 2. The van der Waals surface area contributed by atoms with E-state index in [1.54, 1.807) is 25.3 Å². The number of hydrogen-bond acceptors (Lipinski definition) is 5. The van der Waals surface area contributed by atoms with Gasteiger partial charge in [-0.1, -0.05) is 32.1 Å². The number of methoxy groups -OCH3 is 1. The van der Waals surface area contributed by atoms with Crippen LogP contribution >= 0.6 is 0 Å². The summed E-state index contributed by atoms with van der Waals surface area (Å²) >= 11 is 0. The van der Waals surface area contributed by atoms with Gasteiger partial charge in [0.25, 0.3) is 11.1 Å². The summed E-state index contributed by atoms with van der Waals surface area (Å²) in [6.07, 6.45) is 7.72. The zero-order valence-corrected chi connectivity index (χ0v) is 21.6. The van der Waals surface area contributed by atoms with Crippen molar-refractivity contribution in [2.45, 2.75) is 51.0 Å². The van der Waals surface area contributed by atoms with E-state index in [1.807, 2.05) is 16.8 Å². The van der Waals surface area contributed by atoms with Crippen molar-refractivity contribution in [1.29, 1.82) is 0 Å². The van der Waals surface area contributed by atoms with E-state index in [4.69, 9.17) is 9.15 Å². The van der Waals surface area contributed by atoms with Gasteiger partial charge in [0.05, 0.1) is 35.1 Å². The number of pyridine rings is 2. The summed E-state index contributed by atoms with van der Waals surface area (Å²) in [5, 5.41) is 4.95. The summed E-state index contributed by atoms with van der Waals surface area (Å²) in [6.45, 7) is 0. The van der Waals surface area contributed by atoms with Crippen molar-refractivity contribution in [3.05, 3.63) is 73.4 Å². The molecule has 9 heteroatoms. The molecule has 7 rings (SSSR count). The fourth-order valence-electron chi connectivity index (χ4n) is 6.13. The Morgan fingerprint density at radius 2 is 1.69 bits per heavy atom. The molecule has 0 saturated heterocycles. The topological polar surface area (TPSA) is 126 Å². The Labute approximate surface area is 221 Å². The lowest BCUT2D eigenvalue weighted by atomic mass is 9.96. The fourth-order valence-corrected chi connectivity index (χ4v) is 6.13. The number of hydrogen-bond donors (Lipinski definition) is 3. The van der Waals surface area contributed by atoms with Crippen LogP contribution in [-0.2, 0) is 0 Å². The maximum absolute atomic E-state index is 13.6. The van der Waals surface area contributed by atoms with Gasteiger partial charge < -0.3 is 19.1 Å². The fraction of sp³-hybridized carbons (Fsp3) is 0.300. The molecule has 39 heavy (non-hydrogen) atoms. The summed E-state index contributed by atoms with van der Waals surface area (Å²) in [5.41, 5.74) is 2.55. The lowest BCUT2D eigenvalue weighted by molar-refractivity contribution is 0.353.